The van der Waals surface area contributed by atoms with Gasteiger partial charge in [0.15, 0.2) is 0 Å². The number of carbonyl (C=O) groups excluding carboxylic acids is 2. The first-order valence-electron chi connectivity index (χ1n) is 8.27. The Labute approximate surface area is 131 Å². The monoisotopic (exact) mass is 301 g/mol. The summed E-state index contributed by atoms with van der Waals surface area (Å²) < 4.78 is 5.87. The van der Waals surface area contributed by atoms with Crippen LogP contribution < -0.4 is 4.74 Å². The van der Waals surface area contributed by atoms with E-state index in [2.05, 4.69) is 6.07 Å². The molecule has 1 amide bonds. The second-order valence-electron chi connectivity index (χ2n) is 6.12. The van der Waals surface area contributed by atoms with Gasteiger partial charge in [0, 0.05) is 25.9 Å². The molecule has 1 heterocycles. The third kappa shape index (κ3) is 3.49. The molecule has 0 spiro atoms. The molecule has 1 aliphatic carbocycles. The fraction of sp³-hybridized carbons (Fsp3) is 0.556. The second kappa shape index (κ2) is 6.95. The Balaban J connectivity index is 1.51. The van der Waals surface area contributed by atoms with Crippen LogP contribution in [0.5, 0.6) is 5.75 Å². The van der Waals surface area contributed by atoms with Crippen molar-refractivity contribution in [2.24, 2.45) is 0 Å². The number of hydrogen-bond donors (Lipinski definition) is 0. The number of ketones is 1. The Hall–Kier alpha value is -1.84. The molecule has 1 aromatic rings. The average molecular weight is 301 g/mol. The predicted molar refractivity (Wildman–Crippen MR) is 84.0 cm³/mol. The number of fused-ring (bicyclic) bond motifs is 1. The maximum atomic E-state index is 12.1. The first-order chi connectivity index (χ1) is 10.7. The molecule has 118 valence electrons. The third-order valence-corrected chi connectivity index (χ3v) is 4.60. The van der Waals surface area contributed by atoms with Crippen LogP contribution >= 0.6 is 0 Å². The molecular formula is C18H23NO3. The molecule has 1 aliphatic heterocycles. The molecule has 1 saturated heterocycles. The number of aryl methyl sites for hydroxylation is 1. The maximum Gasteiger partial charge on any atom is 0.226 e. The van der Waals surface area contributed by atoms with E-state index in [4.69, 9.17) is 4.74 Å². The van der Waals surface area contributed by atoms with Crippen LogP contribution in [0.4, 0.5) is 0 Å². The molecule has 0 unspecified atom stereocenters. The molecule has 4 nitrogen and oxygen atoms in total. The minimum Gasteiger partial charge on any atom is -0.493 e. The highest BCUT2D eigenvalue weighted by molar-refractivity contribution is 5.83. The zero-order valence-electron chi connectivity index (χ0n) is 13.0. The quantitative estimate of drug-likeness (QED) is 0.858. The van der Waals surface area contributed by atoms with Crippen molar-refractivity contribution >= 4 is 11.7 Å². The zero-order valence-corrected chi connectivity index (χ0v) is 13.0. The van der Waals surface area contributed by atoms with Crippen molar-refractivity contribution in [3.8, 4) is 5.75 Å². The van der Waals surface area contributed by atoms with Gasteiger partial charge in [-0.25, -0.2) is 0 Å². The van der Waals surface area contributed by atoms with E-state index < -0.39 is 0 Å². The fourth-order valence-corrected chi connectivity index (χ4v) is 3.29. The summed E-state index contributed by atoms with van der Waals surface area (Å²) in [6.45, 7) is 1.55. The van der Waals surface area contributed by atoms with Crippen LogP contribution in [0, 0.1) is 0 Å². The van der Waals surface area contributed by atoms with Gasteiger partial charge in [-0.3, -0.25) is 9.59 Å². The van der Waals surface area contributed by atoms with Gasteiger partial charge < -0.3 is 9.64 Å². The highest BCUT2D eigenvalue weighted by Crippen LogP contribution is 2.29. The van der Waals surface area contributed by atoms with E-state index >= 15 is 0 Å². The van der Waals surface area contributed by atoms with Crippen LogP contribution in [0.1, 0.15) is 43.2 Å². The van der Waals surface area contributed by atoms with Gasteiger partial charge in [-0.15, -0.1) is 0 Å². The van der Waals surface area contributed by atoms with Gasteiger partial charge in [0.25, 0.3) is 0 Å². The Bertz CT molecular complexity index is 557. The summed E-state index contributed by atoms with van der Waals surface area (Å²) in [5, 5.41) is 0. The van der Waals surface area contributed by atoms with Crippen molar-refractivity contribution in [1.82, 2.24) is 4.90 Å². The number of piperidine rings is 1. The van der Waals surface area contributed by atoms with Gasteiger partial charge in [-0.05, 0) is 42.9 Å². The lowest BCUT2D eigenvalue weighted by molar-refractivity contribution is -0.134. The Kier molecular flexibility index (Phi) is 4.76. The zero-order chi connectivity index (χ0) is 15.4. The molecule has 1 fully saturated rings. The van der Waals surface area contributed by atoms with Crippen molar-refractivity contribution in [1.29, 1.82) is 0 Å². The molecular weight excluding hydrogens is 278 g/mol. The summed E-state index contributed by atoms with van der Waals surface area (Å²) in [7, 11) is 0. The van der Waals surface area contributed by atoms with Crippen molar-refractivity contribution < 1.29 is 14.3 Å². The lowest BCUT2D eigenvalue weighted by Crippen LogP contribution is -2.39. The highest BCUT2D eigenvalue weighted by Gasteiger charge is 2.20. The SMILES string of the molecule is O=C1CCN(C(=O)CCOc2cccc3c2CCCC3)CC1. The Morgan fingerprint density at radius 2 is 1.86 bits per heavy atom. The fourth-order valence-electron chi connectivity index (χ4n) is 3.29. The van der Waals surface area contributed by atoms with Crippen molar-refractivity contribution in [3.05, 3.63) is 29.3 Å². The number of nitrogens with zero attached hydrogens (tertiary/aromatic N) is 1. The van der Waals surface area contributed by atoms with Crippen molar-refractivity contribution in [2.45, 2.75) is 44.9 Å². The molecule has 1 aromatic carbocycles. The topological polar surface area (TPSA) is 46.6 Å². The second-order valence-corrected chi connectivity index (χ2v) is 6.12. The van der Waals surface area contributed by atoms with Crippen molar-refractivity contribution in [2.75, 3.05) is 19.7 Å². The maximum absolute atomic E-state index is 12.1. The number of rotatable bonds is 4. The first-order valence-corrected chi connectivity index (χ1v) is 8.27. The molecule has 0 atom stereocenters. The molecule has 0 bridgehead atoms. The minimum absolute atomic E-state index is 0.0947. The molecule has 22 heavy (non-hydrogen) atoms. The van der Waals surface area contributed by atoms with Gasteiger partial charge in [0.05, 0.1) is 13.0 Å². The standard InChI is InChI=1S/C18H23NO3/c20-15-8-11-19(12-9-15)18(21)10-13-22-17-7-3-5-14-4-1-2-6-16(14)17/h3,5,7H,1-2,4,6,8-13H2. The molecule has 2 aliphatic rings. The predicted octanol–water partition coefficient (Wildman–Crippen LogP) is 2.53. The number of likely N-dealkylation sites (tertiary alicyclic amines) is 1. The first kappa shape index (κ1) is 15.1. The van der Waals surface area contributed by atoms with E-state index in [1.54, 1.807) is 4.90 Å². The number of amides is 1. The normalized spacial score (nSPS) is 18.0. The molecule has 0 N–H and O–H groups in total. The van der Waals surface area contributed by atoms with Crippen LogP contribution in [0.25, 0.3) is 0 Å². The molecule has 0 saturated carbocycles. The highest BCUT2D eigenvalue weighted by atomic mass is 16.5. The van der Waals surface area contributed by atoms with Crippen molar-refractivity contribution in [3.63, 3.8) is 0 Å². The van der Waals surface area contributed by atoms with Crippen LogP contribution in [0.3, 0.4) is 0 Å². The largest absolute Gasteiger partial charge is 0.493 e. The molecule has 0 radical (unpaired) electrons. The molecule has 0 aromatic heterocycles. The number of benzene rings is 1. The van der Waals surface area contributed by atoms with Crippen LogP contribution in [-0.4, -0.2) is 36.3 Å². The van der Waals surface area contributed by atoms with Crippen LogP contribution in [0.15, 0.2) is 18.2 Å². The third-order valence-electron chi connectivity index (χ3n) is 4.60. The summed E-state index contributed by atoms with van der Waals surface area (Å²) in [6.07, 6.45) is 6.06. The number of carbonyl (C=O) groups is 2. The summed E-state index contributed by atoms with van der Waals surface area (Å²) >= 11 is 0. The number of Topliss-reactive ketones (excluding diaryl/α,β-unsaturated/α-hetero) is 1. The lowest BCUT2D eigenvalue weighted by atomic mass is 9.91. The minimum atomic E-state index is 0.0947. The number of hydrogen-bond acceptors (Lipinski definition) is 3. The average Bonchev–Trinajstić information content (AvgIpc) is 2.55. The molecule has 4 heteroatoms. The van der Waals surface area contributed by atoms with Crippen LogP contribution in [0.2, 0.25) is 0 Å². The molecule has 3 rings (SSSR count). The summed E-state index contributed by atoms with van der Waals surface area (Å²) in [6, 6.07) is 6.23. The van der Waals surface area contributed by atoms with E-state index in [0.717, 1.165) is 18.6 Å². The van der Waals surface area contributed by atoms with Crippen LogP contribution in [-0.2, 0) is 22.4 Å². The number of ether oxygens (including phenoxy) is 1. The Morgan fingerprint density at radius 1 is 1.09 bits per heavy atom. The van der Waals surface area contributed by atoms with E-state index in [-0.39, 0.29) is 11.7 Å². The van der Waals surface area contributed by atoms with E-state index in [1.165, 1.54) is 24.0 Å². The van der Waals surface area contributed by atoms with Gasteiger partial charge in [-0.1, -0.05) is 12.1 Å². The Morgan fingerprint density at radius 3 is 2.68 bits per heavy atom. The smallest absolute Gasteiger partial charge is 0.226 e. The van der Waals surface area contributed by atoms with E-state index in [1.807, 2.05) is 12.1 Å². The van der Waals surface area contributed by atoms with Gasteiger partial charge in [0.2, 0.25) is 5.91 Å². The summed E-state index contributed by atoms with van der Waals surface area (Å²) in [5.74, 6) is 1.30. The van der Waals surface area contributed by atoms with Gasteiger partial charge in [0.1, 0.15) is 11.5 Å². The summed E-state index contributed by atoms with van der Waals surface area (Å²) in [4.78, 5) is 25.1. The van der Waals surface area contributed by atoms with E-state index in [9.17, 15) is 9.59 Å². The summed E-state index contributed by atoms with van der Waals surface area (Å²) in [5.41, 5.74) is 2.72. The van der Waals surface area contributed by atoms with Gasteiger partial charge >= 0.3 is 0 Å². The van der Waals surface area contributed by atoms with Gasteiger partial charge in [-0.2, -0.15) is 0 Å². The lowest BCUT2D eigenvalue weighted by Gasteiger charge is -2.26. The van der Waals surface area contributed by atoms with E-state index in [0.29, 0.717) is 39.0 Å².